The van der Waals surface area contributed by atoms with Gasteiger partial charge in [-0.25, -0.2) is 4.39 Å². The predicted octanol–water partition coefficient (Wildman–Crippen LogP) is 5.81. The number of nitrogens with zero attached hydrogens (tertiary/aromatic N) is 3. The van der Waals surface area contributed by atoms with Crippen molar-refractivity contribution < 1.29 is 9.13 Å². The van der Waals surface area contributed by atoms with Crippen molar-refractivity contribution in [3.63, 3.8) is 0 Å². The van der Waals surface area contributed by atoms with Crippen LogP contribution in [0.5, 0.6) is 11.8 Å². The molecule has 0 bridgehead atoms. The molecule has 2 saturated carbocycles. The van der Waals surface area contributed by atoms with Crippen molar-refractivity contribution in [3.8, 4) is 11.8 Å². The lowest BCUT2D eigenvalue weighted by atomic mass is 9.83. The molecule has 0 amide bonds. The first-order valence-corrected chi connectivity index (χ1v) is 10.8. The summed E-state index contributed by atoms with van der Waals surface area (Å²) < 4.78 is 20.8. The van der Waals surface area contributed by atoms with Crippen molar-refractivity contribution in [3.05, 3.63) is 53.2 Å². The lowest BCUT2D eigenvalue weighted by molar-refractivity contribution is 0.387. The number of halogens is 1. The van der Waals surface area contributed by atoms with Crippen LogP contribution in [0.4, 0.5) is 16.0 Å². The minimum absolute atomic E-state index is 0.110. The molecule has 3 N–H and O–H groups in total. The normalized spacial score (nSPS) is 16.5. The highest BCUT2D eigenvalue weighted by Crippen LogP contribution is 2.40. The van der Waals surface area contributed by atoms with Crippen LogP contribution in [0.15, 0.2) is 30.3 Å². The maximum Gasteiger partial charge on any atom is 0.324 e. The standard InChI is InChI=1S/C23H23FN6O/c1-12-9-15-16(25-12)7-8-19(22(15)24)31-23-26-17(13-3-2-4-13)10-20(28-23)27-21-11-18(29-30-21)14-5-6-14/h7-11,13-14,25H,2-6H2,1H3,(H2,26,27,28,29,30). The monoisotopic (exact) mass is 418 g/mol. The zero-order valence-electron chi connectivity index (χ0n) is 17.2. The molecule has 2 aliphatic carbocycles. The summed E-state index contributed by atoms with van der Waals surface area (Å²) in [5.74, 6) is 1.97. The highest BCUT2D eigenvalue weighted by Gasteiger charge is 2.26. The number of fused-ring (bicyclic) bond motifs is 1. The van der Waals surface area contributed by atoms with E-state index in [9.17, 15) is 0 Å². The van der Waals surface area contributed by atoms with Crippen molar-refractivity contribution >= 4 is 22.5 Å². The third kappa shape index (κ3) is 3.52. The molecule has 6 rings (SSSR count). The van der Waals surface area contributed by atoms with Crippen LogP contribution in [0.1, 0.15) is 61.0 Å². The molecule has 0 spiro atoms. The molecule has 2 fully saturated rings. The highest BCUT2D eigenvalue weighted by atomic mass is 19.1. The summed E-state index contributed by atoms with van der Waals surface area (Å²) in [6, 6.07) is 9.28. The van der Waals surface area contributed by atoms with Gasteiger partial charge in [0.25, 0.3) is 0 Å². The van der Waals surface area contributed by atoms with Crippen molar-refractivity contribution in [2.75, 3.05) is 5.32 Å². The molecule has 31 heavy (non-hydrogen) atoms. The maximum atomic E-state index is 15.0. The fraction of sp³-hybridized carbons (Fsp3) is 0.348. The minimum Gasteiger partial charge on any atom is -0.421 e. The van der Waals surface area contributed by atoms with Gasteiger partial charge in [-0.15, -0.1) is 0 Å². The Kier molecular flexibility index (Phi) is 4.19. The van der Waals surface area contributed by atoms with Gasteiger partial charge in [0.2, 0.25) is 0 Å². The Labute approximate surface area is 178 Å². The van der Waals surface area contributed by atoms with Gasteiger partial charge in [-0.05, 0) is 50.8 Å². The van der Waals surface area contributed by atoms with Crippen LogP contribution in [-0.4, -0.2) is 25.1 Å². The molecule has 7 nitrogen and oxygen atoms in total. The van der Waals surface area contributed by atoms with Crippen LogP contribution in [0.25, 0.3) is 10.9 Å². The van der Waals surface area contributed by atoms with Crippen molar-refractivity contribution in [2.24, 2.45) is 0 Å². The number of aryl methyl sites for hydroxylation is 1. The first-order chi connectivity index (χ1) is 15.1. The molecule has 4 aromatic rings. The molecule has 3 heterocycles. The molecule has 0 saturated heterocycles. The average Bonchev–Trinajstić information content (AvgIpc) is 3.32. The Balaban J connectivity index is 1.32. The van der Waals surface area contributed by atoms with Gasteiger partial charge in [0.15, 0.2) is 17.4 Å². The molecule has 0 unspecified atom stereocenters. The van der Waals surface area contributed by atoms with Gasteiger partial charge in [0, 0.05) is 46.3 Å². The first kappa shape index (κ1) is 18.4. The van der Waals surface area contributed by atoms with Crippen LogP contribution in [0.3, 0.4) is 0 Å². The smallest absolute Gasteiger partial charge is 0.324 e. The molecule has 0 aliphatic heterocycles. The zero-order valence-corrected chi connectivity index (χ0v) is 17.2. The Morgan fingerprint density at radius 1 is 1.03 bits per heavy atom. The Morgan fingerprint density at radius 3 is 2.68 bits per heavy atom. The number of benzene rings is 1. The molecule has 1 aromatic carbocycles. The number of hydrogen-bond donors (Lipinski definition) is 3. The number of hydrogen-bond acceptors (Lipinski definition) is 5. The number of anilines is 2. The Hall–Kier alpha value is -3.42. The molecule has 158 valence electrons. The van der Waals surface area contributed by atoms with E-state index in [1.54, 1.807) is 18.2 Å². The van der Waals surface area contributed by atoms with Gasteiger partial charge in [-0.1, -0.05) is 6.42 Å². The van der Waals surface area contributed by atoms with Crippen LogP contribution in [0.2, 0.25) is 0 Å². The first-order valence-electron chi connectivity index (χ1n) is 10.8. The lowest BCUT2D eigenvalue weighted by Crippen LogP contribution is -2.12. The summed E-state index contributed by atoms with van der Waals surface area (Å²) in [7, 11) is 0. The molecule has 0 atom stereocenters. The van der Waals surface area contributed by atoms with Crippen molar-refractivity contribution in [2.45, 2.75) is 50.9 Å². The van der Waals surface area contributed by atoms with Gasteiger partial charge in [-0.3, -0.25) is 5.10 Å². The third-order valence-corrected chi connectivity index (χ3v) is 6.16. The second-order valence-corrected chi connectivity index (χ2v) is 8.59. The quantitative estimate of drug-likeness (QED) is 0.368. The average molecular weight is 418 g/mol. The van der Waals surface area contributed by atoms with Crippen LogP contribution >= 0.6 is 0 Å². The highest BCUT2D eigenvalue weighted by molar-refractivity contribution is 5.82. The topological polar surface area (TPSA) is 91.5 Å². The van der Waals surface area contributed by atoms with Gasteiger partial charge in [-0.2, -0.15) is 15.1 Å². The predicted molar refractivity (Wildman–Crippen MR) is 116 cm³/mol. The van der Waals surface area contributed by atoms with Gasteiger partial charge < -0.3 is 15.0 Å². The third-order valence-electron chi connectivity index (χ3n) is 6.16. The number of aromatic amines is 2. The molecule has 0 radical (unpaired) electrons. The van der Waals surface area contributed by atoms with E-state index >= 15 is 4.39 Å². The molecule has 3 aromatic heterocycles. The van der Waals surface area contributed by atoms with Crippen LogP contribution in [0, 0.1) is 12.7 Å². The largest absolute Gasteiger partial charge is 0.421 e. The fourth-order valence-electron chi connectivity index (χ4n) is 4.07. The van der Waals surface area contributed by atoms with E-state index in [1.165, 1.54) is 19.3 Å². The summed E-state index contributed by atoms with van der Waals surface area (Å²) in [4.78, 5) is 12.2. The summed E-state index contributed by atoms with van der Waals surface area (Å²) in [5.41, 5.74) is 3.68. The van der Waals surface area contributed by atoms with E-state index in [-0.39, 0.29) is 11.8 Å². The van der Waals surface area contributed by atoms with E-state index < -0.39 is 5.82 Å². The Morgan fingerprint density at radius 2 is 1.90 bits per heavy atom. The summed E-state index contributed by atoms with van der Waals surface area (Å²) in [5, 5.41) is 11.2. The zero-order chi connectivity index (χ0) is 20.9. The SMILES string of the molecule is Cc1cc2c(F)c(Oc3nc(Nc4cc(C5CC5)[nH]n4)cc(C4CCC4)n3)ccc2[nH]1. The van der Waals surface area contributed by atoms with Gasteiger partial charge >= 0.3 is 6.01 Å². The van der Waals surface area contributed by atoms with Gasteiger partial charge in [0.05, 0.1) is 5.69 Å². The van der Waals surface area contributed by atoms with Crippen molar-refractivity contribution in [1.82, 2.24) is 25.1 Å². The number of ether oxygens (including phenoxy) is 1. The maximum absolute atomic E-state index is 15.0. The summed E-state index contributed by atoms with van der Waals surface area (Å²) >= 11 is 0. The van der Waals surface area contributed by atoms with E-state index in [1.807, 2.05) is 19.1 Å². The number of aromatic nitrogens is 5. The van der Waals surface area contributed by atoms with E-state index in [0.29, 0.717) is 28.9 Å². The van der Waals surface area contributed by atoms with E-state index in [4.69, 9.17) is 4.74 Å². The van der Waals surface area contributed by atoms with Gasteiger partial charge in [0.1, 0.15) is 5.82 Å². The lowest BCUT2D eigenvalue weighted by Gasteiger charge is -2.25. The number of nitrogens with one attached hydrogen (secondary N) is 3. The van der Waals surface area contributed by atoms with E-state index in [2.05, 4.69) is 30.5 Å². The van der Waals surface area contributed by atoms with Crippen LogP contribution < -0.4 is 10.1 Å². The summed E-state index contributed by atoms with van der Waals surface area (Å²) in [6.07, 6.45) is 5.78. The fourth-order valence-corrected chi connectivity index (χ4v) is 4.07. The molecule has 2 aliphatic rings. The van der Waals surface area contributed by atoms with E-state index in [0.717, 1.165) is 35.4 Å². The Bertz CT molecular complexity index is 1270. The van der Waals surface area contributed by atoms with Crippen LogP contribution in [-0.2, 0) is 0 Å². The second-order valence-electron chi connectivity index (χ2n) is 8.59. The van der Waals surface area contributed by atoms with Crippen molar-refractivity contribution in [1.29, 1.82) is 0 Å². The molecular weight excluding hydrogens is 395 g/mol. The molecular formula is C23H23FN6O. The minimum atomic E-state index is -0.421. The summed E-state index contributed by atoms with van der Waals surface area (Å²) in [6.45, 7) is 1.90. The number of H-pyrrole nitrogens is 2. The number of rotatable bonds is 6. The molecule has 8 heteroatoms. The second kappa shape index (κ2) is 7.08.